The summed E-state index contributed by atoms with van der Waals surface area (Å²) in [7, 11) is 1.57. The summed E-state index contributed by atoms with van der Waals surface area (Å²) in [4.78, 5) is 24.7. The molecule has 0 aliphatic rings. The predicted octanol–water partition coefficient (Wildman–Crippen LogP) is 3.21. The van der Waals surface area contributed by atoms with Crippen LogP contribution in [0, 0.1) is 5.92 Å². The number of rotatable bonds is 10. The van der Waals surface area contributed by atoms with Crippen LogP contribution in [0.1, 0.15) is 41.0 Å². The lowest BCUT2D eigenvalue weighted by Gasteiger charge is -2.12. The molecule has 0 saturated carbocycles. The smallest absolute Gasteiger partial charge is 0.273 e. The number of para-hydroxylation sites is 1. The van der Waals surface area contributed by atoms with Crippen LogP contribution >= 0.6 is 0 Å². The SMILES string of the molecule is COCCOc1ccccc1C(=O)NNC(=O)c1ccc(OCCC(C)C)cc1. The minimum Gasteiger partial charge on any atom is -0.494 e. The summed E-state index contributed by atoms with van der Waals surface area (Å²) in [5, 5.41) is 0. The number of ether oxygens (including phenoxy) is 3. The average molecular weight is 400 g/mol. The average Bonchev–Trinajstić information content (AvgIpc) is 2.72. The molecule has 0 aliphatic carbocycles. The molecule has 0 atom stereocenters. The van der Waals surface area contributed by atoms with Crippen molar-refractivity contribution in [3.05, 3.63) is 59.7 Å². The van der Waals surface area contributed by atoms with Gasteiger partial charge in [0.2, 0.25) is 0 Å². The fraction of sp³-hybridized carbons (Fsp3) is 0.364. The molecule has 7 nitrogen and oxygen atoms in total. The van der Waals surface area contributed by atoms with Crippen molar-refractivity contribution in [2.45, 2.75) is 20.3 Å². The van der Waals surface area contributed by atoms with Crippen molar-refractivity contribution in [3.63, 3.8) is 0 Å². The van der Waals surface area contributed by atoms with Gasteiger partial charge >= 0.3 is 0 Å². The number of nitrogens with one attached hydrogen (secondary N) is 2. The zero-order valence-corrected chi connectivity index (χ0v) is 17.1. The van der Waals surface area contributed by atoms with Gasteiger partial charge in [0.1, 0.15) is 18.1 Å². The first-order valence-corrected chi connectivity index (χ1v) is 9.55. The van der Waals surface area contributed by atoms with E-state index in [1.165, 1.54) is 0 Å². The molecule has 156 valence electrons. The van der Waals surface area contributed by atoms with Crippen LogP contribution in [-0.2, 0) is 4.74 Å². The molecular weight excluding hydrogens is 372 g/mol. The summed E-state index contributed by atoms with van der Waals surface area (Å²) in [5.74, 6) is 0.789. The molecule has 0 unspecified atom stereocenters. The quantitative estimate of drug-likeness (QED) is 0.472. The van der Waals surface area contributed by atoms with Gasteiger partial charge in [-0.25, -0.2) is 0 Å². The number of hydrogen-bond donors (Lipinski definition) is 2. The van der Waals surface area contributed by atoms with E-state index in [4.69, 9.17) is 14.2 Å². The molecule has 7 heteroatoms. The fourth-order valence-corrected chi connectivity index (χ4v) is 2.38. The summed E-state index contributed by atoms with van der Waals surface area (Å²) in [6.07, 6.45) is 0.963. The Balaban J connectivity index is 1.88. The Labute approximate surface area is 171 Å². The predicted molar refractivity (Wildman–Crippen MR) is 110 cm³/mol. The van der Waals surface area contributed by atoms with E-state index >= 15 is 0 Å². The van der Waals surface area contributed by atoms with Crippen LogP contribution in [0.25, 0.3) is 0 Å². The van der Waals surface area contributed by atoms with Crippen LogP contribution < -0.4 is 20.3 Å². The first-order chi connectivity index (χ1) is 14.0. The van der Waals surface area contributed by atoms with Gasteiger partial charge in [-0.3, -0.25) is 20.4 Å². The molecule has 0 aliphatic heterocycles. The van der Waals surface area contributed by atoms with Crippen LogP contribution in [0.4, 0.5) is 0 Å². The van der Waals surface area contributed by atoms with E-state index in [0.29, 0.717) is 48.4 Å². The zero-order valence-electron chi connectivity index (χ0n) is 17.1. The largest absolute Gasteiger partial charge is 0.494 e. The third kappa shape index (κ3) is 7.46. The van der Waals surface area contributed by atoms with Crippen LogP contribution in [0.15, 0.2) is 48.5 Å². The molecule has 2 amide bonds. The molecule has 0 saturated heterocycles. The van der Waals surface area contributed by atoms with E-state index in [1.807, 2.05) is 0 Å². The monoisotopic (exact) mass is 400 g/mol. The number of amides is 2. The van der Waals surface area contributed by atoms with Crippen LogP contribution in [0.3, 0.4) is 0 Å². The topological polar surface area (TPSA) is 85.9 Å². The standard InChI is InChI=1S/C22H28N2O5/c1-16(2)12-13-28-18-10-8-17(9-11-18)21(25)23-24-22(26)19-6-4-5-7-20(19)29-15-14-27-3/h4-11,16H,12-15H2,1-3H3,(H,23,25)(H,24,26). The number of methoxy groups -OCH3 is 1. The molecule has 0 aromatic heterocycles. The van der Waals surface area contributed by atoms with Crippen molar-refractivity contribution < 1.29 is 23.8 Å². The number of hydrogen-bond acceptors (Lipinski definition) is 5. The Hall–Kier alpha value is -3.06. The Kier molecular flexibility index (Phi) is 8.98. The molecule has 2 N–H and O–H groups in total. The van der Waals surface area contributed by atoms with Gasteiger partial charge in [0.05, 0.1) is 18.8 Å². The molecule has 2 aromatic carbocycles. The van der Waals surface area contributed by atoms with Crippen molar-refractivity contribution in [2.75, 3.05) is 26.9 Å². The summed E-state index contributed by atoms with van der Waals surface area (Å²) in [5.41, 5.74) is 5.54. The highest BCUT2D eigenvalue weighted by Crippen LogP contribution is 2.17. The van der Waals surface area contributed by atoms with E-state index in [1.54, 1.807) is 55.6 Å². The second-order valence-corrected chi connectivity index (χ2v) is 6.80. The highest BCUT2D eigenvalue weighted by atomic mass is 16.5. The van der Waals surface area contributed by atoms with Gasteiger partial charge in [0.15, 0.2) is 0 Å². The van der Waals surface area contributed by atoms with Crippen molar-refractivity contribution in [1.82, 2.24) is 10.9 Å². The van der Waals surface area contributed by atoms with Crippen LogP contribution in [0.5, 0.6) is 11.5 Å². The van der Waals surface area contributed by atoms with E-state index in [9.17, 15) is 9.59 Å². The lowest BCUT2D eigenvalue weighted by Crippen LogP contribution is -2.41. The molecule has 0 spiro atoms. The van der Waals surface area contributed by atoms with Crippen LogP contribution in [-0.4, -0.2) is 38.7 Å². The molecule has 2 rings (SSSR count). The van der Waals surface area contributed by atoms with Gasteiger partial charge in [-0.15, -0.1) is 0 Å². The maximum Gasteiger partial charge on any atom is 0.273 e. The van der Waals surface area contributed by atoms with E-state index in [0.717, 1.165) is 6.42 Å². The first-order valence-electron chi connectivity index (χ1n) is 9.55. The number of benzene rings is 2. The minimum atomic E-state index is -0.472. The normalized spacial score (nSPS) is 10.5. The molecule has 0 fully saturated rings. The van der Waals surface area contributed by atoms with Crippen molar-refractivity contribution >= 4 is 11.8 Å². The highest BCUT2D eigenvalue weighted by molar-refractivity contribution is 6.00. The summed E-state index contributed by atoms with van der Waals surface area (Å²) < 4.78 is 16.1. The summed E-state index contributed by atoms with van der Waals surface area (Å²) >= 11 is 0. The van der Waals surface area contributed by atoms with E-state index < -0.39 is 11.8 Å². The summed E-state index contributed by atoms with van der Waals surface area (Å²) in [6.45, 7) is 5.62. The van der Waals surface area contributed by atoms with E-state index in [2.05, 4.69) is 24.7 Å². The zero-order chi connectivity index (χ0) is 21.1. The Morgan fingerprint density at radius 2 is 1.55 bits per heavy atom. The molecule has 0 radical (unpaired) electrons. The van der Waals surface area contributed by atoms with Crippen molar-refractivity contribution in [2.24, 2.45) is 5.92 Å². The molecule has 0 heterocycles. The number of hydrazine groups is 1. The summed E-state index contributed by atoms with van der Waals surface area (Å²) in [6, 6.07) is 13.5. The molecule has 2 aromatic rings. The van der Waals surface area contributed by atoms with Crippen molar-refractivity contribution in [1.29, 1.82) is 0 Å². The molecule has 0 bridgehead atoms. The second-order valence-electron chi connectivity index (χ2n) is 6.80. The first kappa shape index (κ1) is 22.2. The number of carbonyl (C=O) groups is 2. The van der Waals surface area contributed by atoms with Gasteiger partial charge in [-0.05, 0) is 48.7 Å². The Bertz CT molecular complexity index is 790. The lowest BCUT2D eigenvalue weighted by molar-refractivity contribution is 0.0842. The molecular formula is C22H28N2O5. The van der Waals surface area contributed by atoms with Gasteiger partial charge in [-0.2, -0.15) is 0 Å². The van der Waals surface area contributed by atoms with E-state index in [-0.39, 0.29) is 0 Å². The van der Waals surface area contributed by atoms with Gasteiger partial charge in [0.25, 0.3) is 11.8 Å². The van der Waals surface area contributed by atoms with Gasteiger partial charge in [0, 0.05) is 12.7 Å². The Morgan fingerprint density at radius 1 is 0.862 bits per heavy atom. The van der Waals surface area contributed by atoms with Gasteiger partial charge in [-0.1, -0.05) is 26.0 Å². The third-order valence-electron chi connectivity index (χ3n) is 4.05. The van der Waals surface area contributed by atoms with Crippen molar-refractivity contribution in [3.8, 4) is 11.5 Å². The second kappa shape index (κ2) is 11.7. The molecule has 29 heavy (non-hydrogen) atoms. The Morgan fingerprint density at radius 3 is 2.24 bits per heavy atom. The third-order valence-corrected chi connectivity index (χ3v) is 4.05. The number of carbonyl (C=O) groups excluding carboxylic acids is 2. The van der Waals surface area contributed by atoms with Gasteiger partial charge < -0.3 is 14.2 Å². The highest BCUT2D eigenvalue weighted by Gasteiger charge is 2.13. The minimum absolute atomic E-state index is 0.317. The maximum absolute atomic E-state index is 12.4. The lowest BCUT2D eigenvalue weighted by atomic mass is 10.1. The maximum atomic E-state index is 12.4. The van der Waals surface area contributed by atoms with Crippen LogP contribution in [0.2, 0.25) is 0 Å². The fourth-order valence-electron chi connectivity index (χ4n) is 2.38.